The third-order valence-electron chi connectivity index (χ3n) is 6.89. The van der Waals surface area contributed by atoms with Crippen LogP contribution < -0.4 is 16.0 Å². The number of hydrogen-bond donors (Lipinski definition) is 3. The highest BCUT2D eigenvalue weighted by Crippen LogP contribution is 2.45. The first kappa shape index (κ1) is 39.8. The maximum absolute atomic E-state index is 13.5. The number of amides is 3. The number of carbonyl (C=O) groups is 4. The molecule has 0 aromatic heterocycles. The van der Waals surface area contributed by atoms with E-state index in [1.807, 2.05) is 20.8 Å². The topological polar surface area (TPSA) is 151 Å². The van der Waals surface area contributed by atoms with E-state index in [-0.39, 0.29) is 43.4 Å². The summed E-state index contributed by atoms with van der Waals surface area (Å²) in [6.45, 7) is 8.79. The van der Waals surface area contributed by atoms with Crippen LogP contribution in [0.15, 0.2) is 12.2 Å². The van der Waals surface area contributed by atoms with E-state index in [4.69, 9.17) is 14.2 Å². The van der Waals surface area contributed by atoms with Crippen molar-refractivity contribution >= 4 is 24.2 Å². The van der Waals surface area contributed by atoms with Gasteiger partial charge in [0.25, 0.3) is 0 Å². The summed E-state index contributed by atoms with van der Waals surface area (Å²) in [5, 5.41) is 7.90. The largest absolute Gasteiger partial charge is 0.460 e. The highest BCUT2D eigenvalue weighted by Gasteiger charge is 2.42. The molecule has 1 rings (SSSR count). The normalized spacial score (nSPS) is 19.1. The van der Waals surface area contributed by atoms with E-state index in [1.165, 1.54) is 6.92 Å². The van der Waals surface area contributed by atoms with E-state index in [0.29, 0.717) is 32.2 Å². The van der Waals surface area contributed by atoms with E-state index >= 15 is 0 Å². The minimum absolute atomic E-state index is 0.0320. The summed E-state index contributed by atoms with van der Waals surface area (Å²) in [5.74, 6) is -0.517. The average Bonchev–Trinajstić information content (AvgIpc) is 2.94. The van der Waals surface area contributed by atoms with Gasteiger partial charge in [-0.2, -0.15) is 8.78 Å². The number of alkyl halides is 3. The summed E-state index contributed by atoms with van der Waals surface area (Å²) >= 11 is 0. The molecule has 1 saturated carbocycles. The molecule has 2 atom stereocenters. The van der Waals surface area contributed by atoms with Crippen molar-refractivity contribution in [2.45, 2.75) is 91.2 Å². The van der Waals surface area contributed by atoms with Crippen molar-refractivity contribution in [3.63, 3.8) is 0 Å². The fourth-order valence-corrected chi connectivity index (χ4v) is 5.33. The van der Waals surface area contributed by atoms with E-state index in [9.17, 15) is 32.3 Å². The molecule has 0 aliphatic heterocycles. The zero-order chi connectivity index (χ0) is 33.9. The highest BCUT2D eigenvalue weighted by atomic mass is 19.3. The molecule has 3 N–H and O–H groups in total. The van der Waals surface area contributed by atoms with Gasteiger partial charge in [0.05, 0.1) is 26.4 Å². The molecule has 2 unspecified atom stereocenters. The number of ether oxygens (including phenoxy) is 5. The van der Waals surface area contributed by atoms with Gasteiger partial charge in [0, 0.05) is 18.2 Å². The smallest absolute Gasteiger partial charge is 0.407 e. The Labute approximate surface area is 263 Å². The Morgan fingerprint density at radius 2 is 1.42 bits per heavy atom. The van der Waals surface area contributed by atoms with Gasteiger partial charge >= 0.3 is 30.4 Å². The molecule has 1 aliphatic rings. The Hall–Kier alpha value is -3.23. The lowest BCUT2D eigenvalue weighted by Crippen LogP contribution is -2.50. The van der Waals surface area contributed by atoms with Gasteiger partial charge in [0.1, 0.15) is 13.3 Å². The Bertz CT molecular complexity index is 968. The lowest BCUT2D eigenvalue weighted by molar-refractivity contribution is -0.257. The summed E-state index contributed by atoms with van der Waals surface area (Å²) in [4.78, 5) is 47.3. The maximum atomic E-state index is 13.5. The van der Waals surface area contributed by atoms with Crippen LogP contribution in [0.1, 0.15) is 79.1 Å². The van der Waals surface area contributed by atoms with E-state index in [2.05, 4.69) is 32.0 Å². The predicted octanol–water partition coefficient (Wildman–Crippen LogP) is 5.40. The summed E-state index contributed by atoms with van der Waals surface area (Å²) < 4.78 is 62.9. The van der Waals surface area contributed by atoms with Gasteiger partial charge < -0.3 is 39.6 Å². The molecule has 1 aliphatic carbocycles. The summed E-state index contributed by atoms with van der Waals surface area (Å²) in [5.41, 5.74) is -0.324. The zero-order valence-electron chi connectivity index (χ0n) is 26.9. The van der Waals surface area contributed by atoms with Crippen molar-refractivity contribution in [2.24, 2.45) is 10.8 Å². The molecule has 0 heterocycles. The van der Waals surface area contributed by atoms with Gasteiger partial charge in [-0.1, -0.05) is 46.6 Å². The Kier molecular flexibility index (Phi) is 17.7. The Morgan fingerprint density at radius 3 is 2.02 bits per heavy atom. The van der Waals surface area contributed by atoms with Gasteiger partial charge in [-0.25, -0.2) is 23.6 Å². The van der Waals surface area contributed by atoms with Crippen LogP contribution in [0.3, 0.4) is 0 Å². The second kappa shape index (κ2) is 20.0. The molecule has 12 nitrogen and oxygen atoms in total. The van der Waals surface area contributed by atoms with Crippen LogP contribution in [0.5, 0.6) is 0 Å². The van der Waals surface area contributed by atoms with Gasteiger partial charge in [-0.3, -0.25) is 0 Å². The van der Waals surface area contributed by atoms with Crippen LogP contribution in [0.25, 0.3) is 0 Å². The third kappa shape index (κ3) is 19.0. The lowest BCUT2D eigenvalue weighted by Gasteiger charge is -2.46. The number of esters is 1. The number of nitrogens with one attached hydrogen (secondary N) is 3. The van der Waals surface area contributed by atoms with Crippen molar-refractivity contribution in [1.29, 1.82) is 0 Å². The standard InChI is InChI=1S/C30H50F3N3O9/c1-22(2)24(37)41-16-12-34-25(38)42-13-9-7-6-8-10-14-43-26(39)35-20-29(5)18-23(17-28(3,4)19-29)36-27(40)44-21-30(32,33)45-15-11-31/h23H,1,6-21H2,2-5H3,(H,34,38)(H,35,39)(H,36,40). The van der Waals surface area contributed by atoms with E-state index < -0.39 is 55.7 Å². The average molecular weight is 654 g/mol. The Balaban J connectivity index is 2.21. The van der Waals surface area contributed by atoms with Crippen molar-refractivity contribution in [2.75, 3.05) is 52.8 Å². The highest BCUT2D eigenvalue weighted by molar-refractivity contribution is 5.86. The summed E-state index contributed by atoms with van der Waals surface area (Å²) in [6.07, 6.45) is -0.218. The lowest BCUT2D eigenvalue weighted by atomic mass is 9.62. The first-order valence-electron chi connectivity index (χ1n) is 15.2. The first-order chi connectivity index (χ1) is 21.1. The summed E-state index contributed by atoms with van der Waals surface area (Å²) in [6, 6.07) is -0.373. The summed E-state index contributed by atoms with van der Waals surface area (Å²) in [7, 11) is 0. The van der Waals surface area contributed by atoms with Crippen LogP contribution in [-0.2, 0) is 28.5 Å². The molecule has 0 aromatic carbocycles. The van der Waals surface area contributed by atoms with Gasteiger partial charge in [-0.05, 0) is 49.9 Å². The molecular formula is C30H50F3N3O9. The van der Waals surface area contributed by atoms with Crippen molar-refractivity contribution < 1.29 is 56.0 Å². The van der Waals surface area contributed by atoms with Crippen LogP contribution in [0, 0.1) is 10.8 Å². The molecule has 0 bridgehead atoms. The fraction of sp³-hybridized carbons (Fsp3) is 0.800. The second-order valence-corrected chi connectivity index (χ2v) is 12.4. The van der Waals surface area contributed by atoms with Crippen LogP contribution in [0.2, 0.25) is 0 Å². The maximum Gasteiger partial charge on any atom is 0.407 e. The van der Waals surface area contributed by atoms with Gasteiger partial charge in [-0.15, -0.1) is 0 Å². The van der Waals surface area contributed by atoms with Gasteiger partial charge in [0.2, 0.25) is 0 Å². The molecule has 0 aromatic rings. The van der Waals surface area contributed by atoms with Crippen LogP contribution in [0.4, 0.5) is 27.6 Å². The monoisotopic (exact) mass is 653 g/mol. The number of alkyl carbamates (subject to hydrolysis) is 3. The molecule has 1 fully saturated rings. The quantitative estimate of drug-likeness (QED) is 0.0679. The number of halogens is 3. The zero-order valence-corrected chi connectivity index (χ0v) is 26.9. The minimum Gasteiger partial charge on any atom is -0.460 e. The molecule has 3 amide bonds. The molecule has 260 valence electrons. The van der Waals surface area contributed by atoms with Crippen molar-refractivity contribution in [3.8, 4) is 0 Å². The number of hydrogen-bond acceptors (Lipinski definition) is 9. The molecule has 15 heteroatoms. The Morgan fingerprint density at radius 1 is 0.822 bits per heavy atom. The number of rotatable bonds is 20. The minimum atomic E-state index is -3.78. The van der Waals surface area contributed by atoms with Crippen LogP contribution >= 0.6 is 0 Å². The first-order valence-corrected chi connectivity index (χ1v) is 15.2. The molecular weight excluding hydrogens is 603 g/mol. The van der Waals surface area contributed by atoms with E-state index in [0.717, 1.165) is 25.7 Å². The van der Waals surface area contributed by atoms with Crippen molar-refractivity contribution in [3.05, 3.63) is 12.2 Å². The number of carbonyl (C=O) groups excluding carboxylic acids is 4. The molecule has 45 heavy (non-hydrogen) atoms. The predicted molar refractivity (Wildman–Crippen MR) is 158 cm³/mol. The van der Waals surface area contributed by atoms with Gasteiger partial charge in [0.15, 0.2) is 6.61 Å². The van der Waals surface area contributed by atoms with Crippen LogP contribution in [-0.4, -0.2) is 89.2 Å². The SMILES string of the molecule is C=C(C)C(=O)OCCNC(=O)OCCCCCCCOC(=O)NCC1(C)CC(NC(=O)OCC(F)(F)OCCF)CC(C)(C)C1. The fourth-order valence-electron chi connectivity index (χ4n) is 5.33. The molecule has 0 saturated heterocycles. The molecule has 0 spiro atoms. The third-order valence-corrected chi connectivity index (χ3v) is 6.89. The second-order valence-electron chi connectivity index (χ2n) is 12.4. The van der Waals surface area contributed by atoms with E-state index in [1.54, 1.807) is 0 Å². The van der Waals surface area contributed by atoms with Crippen molar-refractivity contribution in [1.82, 2.24) is 16.0 Å². The molecule has 0 radical (unpaired) electrons. The number of unbranched alkanes of at least 4 members (excludes halogenated alkanes) is 4.